The minimum Gasteiger partial charge on any atom is -0.366 e. The van der Waals surface area contributed by atoms with Crippen molar-refractivity contribution < 1.29 is 4.79 Å². The molecule has 28 heavy (non-hydrogen) atoms. The lowest BCUT2D eigenvalue weighted by molar-refractivity contribution is 0.100. The first kappa shape index (κ1) is 18.3. The van der Waals surface area contributed by atoms with E-state index in [1.807, 2.05) is 48.7 Å². The highest BCUT2D eigenvalue weighted by Gasteiger charge is 2.11. The summed E-state index contributed by atoms with van der Waals surface area (Å²) in [6.45, 7) is 2.04. The predicted octanol–water partition coefficient (Wildman–Crippen LogP) is 3.49. The van der Waals surface area contributed by atoms with Gasteiger partial charge in [0, 0.05) is 22.3 Å². The van der Waals surface area contributed by atoms with Gasteiger partial charge in [-0.2, -0.15) is 4.68 Å². The van der Waals surface area contributed by atoms with Gasteiger partial charge >= 0.3 is 0 Å². The Balaban J connectivity index is 1.46. The number of thioether (sulfide) groups is 1. The maximum absolute atomic E-state index is 11.2. The second-order valence-electron chi connectivity index (χ2n) is 6.08. The second kappa shape index (κ2) is 7.91. The predicted molar refractivity (Wildman–Crippen MR) is 110 cm³/mol. The number of nitrogens with two attached hydrogens (primary N) is 1. The average Bonchev–Trinajstić information content (AvgIpc) is 3.36. The van der Waals surface area contributed by atoms with E-state index >= 15 is 0 Å². The molecule has 0 unspecified atom stereocenters. The summed E-state index contributed by atoms with van der Waals surface area (Å²) in [5.74, 6) is 0.219. The quantitative estimate of drug-likeness (QED) is 0.490. The molecule has 0 fully saturated rings. The normalized spacial score (nSPS) is 10.9. The third kappa shape index (κ3) is 3.95. The van der Waals surface area contributed by atoms with Crippen molar-refractivity contribution in [1.29, 1.82) is 0 Å². The molecule has 4 rings (SSSR count). The second-order valence-corrected chi connectivity index (χ2v) is 7.88. The van der Waals surface area contributed by atoms with Gasteiger partial charge in [0.05, 0.1) is 11.4 Å². The molecule has 2 aromatic carbocycles. The summed E-state index contributed by atoms with van der Waals surface area (Å²) in [7, 11) is 0. The number of nitrogens with zero attached hydrogens (tertiary/aromatic N) is 5. The largest absolute Gasteiger partial charge is 0.366 e. The molecule has 0 spiro atoms. The van der Waals surface area contributed by atoms with E-state index in [1.165, 1.54) is 17.3 Å². The molecule has 0 saturated carbocycles. The number of amides is 1. The summed E-state index contributed by atoms with van der Waals surface area (Å²) in [4.78, 5) is 15.9. The Bertz CT molecular complexity index is 1100. The van der Waals surface area contributed by atoms with Gasteiger partial charge in [-0.3, -0.25) is 4.79 Å². The Hall–Kier alpha value is -3.04. The summed E-state index contributed by atoms with van der Waals surface area (Å²) >= 11 is 3.09. The zero-order valence-electron chi connectivity index (χ0n) is 14.9. The van der Waals surface area contributed by atoms with E-state index in [2.05, 4.69) is 20.5 Å². The van der Waals surface area contributed by atoms with Crippen LogP contribution >= 0.6 is 23.1 Å². The van der Waals surface area contributed by atoms with Crippen LogP contribution in [0.4, 0.5) is 0 Å². The molecule has 2 aromatic heterocycles. The molecule has 9 heteroatoms. The maximum Gasteiger partial charge on any atom is 0.248 e. The molecule has 0 aliphatic rings. The maximum atomic E-state index is 11.2. The van der Waals surface area contributed by atoms with Crippen molar-refractivity contribution >= 4 is 29.0 Å². The number of carbonyl (C=O) groups is 1. The zero-order chi connectivity index (χ0) is 19.5. The van der Waals surface area contributed by atoms with Crippen molar-refractivity contribution in [2.75, 3.05) is 0 Å². The van der Waals surface area contributed by atoms with Crippen LogP contribution in [-0.2, 0) is 5.75 Å². The number of benzene rings is 2. The van der Waals surface area contributed by atoms with E-state index in [0.717, 1.165) is 22.0 Å². The molecule has 0 aliphatic carbocycles. The molecule has 0 aliphatic heterocycles. The van der Waals surface area contributed by atoms with Crippen molar-refractivity contribution in [2.24, 2.45) is 5.73 Å². The molecule has 0 bridgehead atoms. The molecule has 0 atom stereocenters. The molecule has 1 amide bonds. The molecular formula is C19H16N6OS2. The van der Waals surface area contributed by atoms with Crippen molar-refractivity contribution in [3.05, 3.63) is 70.7 Å². The van der Waals surface area contributed by atoms with Crippen LogP contribution < -0.4 is 5.73 Å². The lowest BCUT2D eigenvalue weighted by Crippen LogP contribution is -2.10. The smallest absolute Gasteiger partial charge is 0.248 e. The summed E-state index contributed by atoms with van der Waals surface area (Å²) in [5.41, 5.74) is 9.78. The first-order valence-corrected chi connectivity index (χ1v) is 10.3. The topological polar surface area (TPSA) is 99.6 Å². The fourth-order valence-electron chi connectivity index (χ4n) is 2.54. The van der Waals surface area contributed by atoms with E-state index in [-0.39, 0.29) is 0 Å². The highest BCUT2D eigenvalue weighted by Crippen LogP contribution is 2.28. The number of rotatable bonds is 6. The number of carbonyl (C=O) groups excluding carboxylic acids is 1. The molecule has 0 radical (unpaired) electrons. The van der Waals surface area contributed by atoms with Crippen molar-refractivity contribution in [2.45, 2.75) is 17.8 Å². The molecule has 140 valence electrons. The average molecular weight is 409 g/mol. The highest BCUT2D eigenvalue weighted by molar-refractivity contribution is 7.98. The number of aromatic nitrogens is 5. The molecule has 7 nitrogen and oxygen atoms in total. The van der Waals surface area contributed by atoms with Crippen molar-refractivity contribution in [3.8, 4) is 16.3 Å². The van der Waals surface area contributed by atoms with Gasteiger partial charge in [-0.15, -0.1) is 16.4 Å². The van der Waals surface area contributed by atoms with Gasteiger partial charge in [-0.25, -0.2) is 4.98 Å². The van der Waals surface area contributed by atoms with Crippen LogP contribution in [0.5, 0.6) is 0 Å². The Kier molecular flexibility index (Phi) is 5.18. The first-order valence-electron chi connectivity index (χ1n) is 8.43. The van der Waals surface area contributed by atoms with Crippen LogP contribution in [0.15, 0.2) is 59.1 Å². The van der Waals surface area contributed by atoms with Gasteiger partial charge in [0.15, 0.2) is 0 Å². The number of primary amides is 1. The third-order valence-electron chi connectivity index (χ3n) is 4.04. The third-order valence-corrected chi connectivity index (χ3v) is 5.93. The lowest BCUT2D eigenvalue weighted by Gasteiger charge is -2.03. The van der Waals surface area contributed by atoms with E-state index < -0.39 is 5.91 Å². The van der Waals surface area contributed by atoms with Gasteiger partial charge in [-0.1, -0.05) is 41.6 Å². The van der Waals surface area contributed by atoms with Crippen LogP contribution in [0.25, 0.3) is 16.3 Å². The first-order chi connectivity index (χ1) is 13.6. The Morgan fingerprint density at radius 2 is 1.89 bits per heavy atom. The minimum absolute atomic E-state index is 0.436. The number of hydrogen-bond donors (Lipinski definition) is 1. The molecular weight excluding hydrogens is 392 g/mol. The van der Waals surface area contributed by atoms with Crippen LogP contribution in [0.2, 0.25) is 0 Å². The van der Waals surface area contributed by atoms with E-state index in [9.17, 15) is 4.79 Å². The highest BCUT2D eigenvalue weighted by atomic mass is 32.2. The van der Waals surface area contributed by atoms with Gasteiger partial charge in [0.1, 0.15) is 5.01 Å². The van der Waals surface area contributed by atoms with Crippen LogP contribution in [0.3, 0.4) is 0 Å². The van der Waals surface area contributed by atoms with Gasteiger partial charge in [0.25, 0.3) is 0 Å². The Morgan fingerprint density at radius 3 is 2.61 bits per heavy atom. The monoisotopic (exact) mass is 408 g/mol. The number of tetrazole rings is 1. The standard InChI is InChI=1S/C19H16N6OS2/c1-12-2-8-16(9-3-12)25-19(22-23-24-25)28-11-15-10-27-18(21-15)14-6-4-13(5-7-14)17(20)26/h2-10H,11H2,1H3,(H2,20,26). The van der Waals surface area contributed by atoms with Crippen molar-refractivity contribution in [3.63, 3.8) is 0 Å². The molecule has 2 N–H and O–H groups in total. The zero-order valence-corrected chi connectivity index (χ0v) is 16.6. The van der Waals surface area contributed by atoms with E-state index in [1.54, 1.807) is 28.2 Å². The molecule has 0 saturated heterocycles. The van der Waals surface area contributed by atoms with Crippen LogP contribution in [0, 0.1) is 6.92 Å². The van der Waals surface area contributed by atoms with Crippen molar-refractivity contribution in [1.82, 2.24) is 25.2 Å². The molecule has 2 heterocycles. The summed E-state index contributed by atoms with van der Waals surface area (Å²) in [6, 6.07) is 15.2. The fourth-order valence-corrected chi connectivity index (χ4v) is 4.25. The van der Waals surface area contributed by atoms with Gasteiger partial charge in [-0.05, 0) is 41.6 Å². The van der Waals surface area contributed by atoms with E-state index in [0.29, 0.717) is 16.5 Å². The molecule has 4 aromatic rings. The summed E-state index contributed by atoms with van der Waals surface area (Å²) in [6.07, 6.45) is 0. The number of thiazole rings is 1. The minimum atomic E-state index is -0.436. The number of hydrogen-bond acceptors (Lipinski definition) is 7. The summed E-state index contributed by atoms with van der Waals surface area (Å²) < 4.78 is 1.72. The number of aryl methyl sites for hydroxylation is 1. The SMILES string of the molecule is Cc1ccc(-n2nnnc2SCc2csc(-c3ccc(C(N)=O)cc3)n2)cc1. The van der Waals surface area contributed by atoms with Crippen LogP contribution in [0.1, 0.15) is 21.6 Å². The van der Waals surface area contributed by atoms with Gasteiger partial charge < -0.3 is 5.73 Å². The fraction of sp³-hybridized carbons (Fsp3) is 0.105. The summed E-state index contributed by atoms with van der Waals surface area (Å²) in [5, 5.41) is 15.6. The Morgan fingerprint density at radius 1 is 1.14 bits per heavy atom. The van der Waals surface area contributed by atoms with E-state index in [4.69, 9.17) is 5.73 Å². The lowest BCUT2D eigenvalue weighted by atomic mass is 10.1. The Labute approximate surface area is 169 Å². The van der Waals surface area contributed by atoms with Crippen LogP contribution in [-0.4, -0.2) is 31.1 Å². The van der Waals surface area contributed by atoms with Gasteiger partial charge in [0.2, 0.25) is 11.1 Å².